The lowest BCUT2D eigenvalue weighted by Crippen LogP contribution is -2.31. The minimum Gasteiger partial charge on any atom is -0.392 e. The molecule has 0 bridgehead atoms. The smallest absolute Gasteiger partial charge is 0.392 e. The number of nitrogens with two attached hydrogens (primary N) is 1. The monoisotopic (exact) mass is 447 g/mol. The number of unbranched alkanes of at least 4 members (excludes halogenated alkanes) is 1. The fraction of sp³-hybridized carbons (Fsp3) is 0.412. The molecule has 1 aromatic heterocycles. The van der Waals surface area contributed by atoms with Crippen molar-refractivity contribution in [2.75, 3.05) is 5.73 Å². The van der Waals surface area contributed by atoms with E-state index in [9.17, 15) is 44.3 Å². The van der Waals surface area contributed by atoms with Crippen LogP contribution < -0.4 is 11.3 Å². The summed E-state index contributed by atoms with van der Waals surface area (Å²) in [6.45, 7) is 1.31. The zero-order valence-electron chi connectivity index (χ0n) is 15.1. The molecule has 166 valence electrons. The van der Waals surface area contributed by atoms with Crippen molar-refractivity contribution >= 4 is 5.69 Å². The molecule has 0 saturated heterocycles. The van der Waals surface area contributed by atoms with Crippen LogP contribution in [0, 0.1) is 0 Å². The number of hydrogen-bond donors (Lipinski definition) is 1. The first-order valence-corrected chi connectivity index (χ1v) is 8.35. The Bertz CT molecular complexity index is 988. The molecule has 0 aliphatic rings. The maximum Gasteiger partial charge on any atom is 0.435 e. The predicted octanol–water partition coefficient (Wildman–Crippen LogP) is 5.35. The Hall–Kier alpha value is -2.73. The van der Waals surface area contributed by atoms with Crippen LogP contribution in [0.5, 0.6) is 0 Å². The van der Waals surface area contributed by atoms with Crippen molar-refractivity contribution in [3.63, 3.8) is 0 Å². The molecule has 1 aromatic carbocycles. The van der Waals surface area contributed by atoms with Gasteiger partial charge in [-0.3, -0.25) is 9.36 Å². The van der Waals surface area contributed by atoms with E-state index in [-0.39, 0.29) is 25.1 Å². The van der Waals surface area contributed by atoms with Crippen molar-refractivity contribution < 1.29 is 39.5 Å². The van der Waals surface area contributed by atoms with Crippen LogP contribution >= 0.6 is 0 Å². The number of alkyl halides is 9. The molecule has 13 heteroatoms. The van der Waals surface area contributed by atoms with E-state index < -0.39 is 58.0 Å². The van der Waals surface area contributed by atoms with Gasteiger partial charge in [-0.25, -0.2) is 4.98 Å². The zero-order chi connectivity index (χ0) is 23.1. The van der Waals surface area contributed by atoms with E-state index in [1.807, 2.05) is 0 Å². The van der Waals surface area contributed by atoms with Crippen LogP contribution in [0.3, 0.4) is 0 Å². The van der Waals surface area contributed by atoms with Gasteiger partial charge in [0.05, 0.1) is 11.1 Å². The van der Waals surface area contributed by atoms with Gasteiger partial charge in [-0.15, -0.1) is 0 Å². The summed E-state index contributed by atoms with van der Waals surface area (Å²) in [6.07, 6.45) is -15.2. The van der Waals surface area contributed by atoms with Gasteiger partial charge in [-0.2, -0.15) is 39.5 Å². The molecule has 30 heavy (non-hydrogen) atoms. The quantitative estimate of drug-likeness (QED) is 0.643. The first-order valence-electron chi connectivity index (χ1n) is 8.35. The highest BCUT2D eigenvalue weighted by molar-refractivity contribution is 5.64. The molecular formula is C17H14F9N3O. The molecule has 2 N–H and O–H groups in total. The van der Waals surface area contributed by atoms with E-state index in [1.54, 1.807) is 6.92 Å². The van der Waals surface area contributed by atoms with Crippen LogP contribution in [0.2, 0.25) is 0 Å². The van der Waals surface area contributed by atoms with Crippen LogP contribution in [0.4, 0.5) is 45.2 Å². The molecule has 2 rings (SSSR count). The van der Waals surface area contributed by atoms with Crippen LogP contribution in [-0.2, 0) is 25.1 Å². The Balaban J connectivity index is 2.94. The standard InChI is InChI=1S/C17H14F9N3O/c1-2-3-6-29-13(28-12(17(24,25)26)11(27)14(29)30)9-5-4-8(15(18,19)20)7-10(9)16(21,22)23/h4-5,7H,2-3,6,27H2,1H3. The van der Waals surface area contributed by atoms with Crippen molar-refractivity contribution in [2.45, 2.75) is 44.8 Å². The number of aromatic nitrogens is 2. The van der Waals surface area contributed by atoms with Gasteiger partial charge >= 0.3 is 18.5 Å². The van der Waals surface area contributed by atoms with Gasteiger partial charge in [0.2, 0.25) is 0 Å². The zero-order valence-corrected chi connectivity index (χ0v) is 15.1. The minimum atomic E-state index is -5.37. The number of nitrogen functional groups attached to an aromatic ring is 1. The molecule has 0 atom stereocenters. The van der Waals surface area contributed by atoms with E-state index in [4.69, 9.17) is 5.73 Å². The predicted molar refractivity (Wildman–Crippen MR) is 88.3 cm³/mol. The van der Waals surface area contributed by atoms with Gasteiger partial charge in [-0.1, -0.05) is 19.4 Å². The van der Waals surface area contributed by atoms with Gasteiger partial charge in [0, 0.05) is 12.1 Å². The second kappa shape index (κ2) is 7.84. The molecule has 4 nitrogen and oxygen atoms in total. The Kier molecular flexibility index (Phi) is 6.15. The number of hydrogen-bond acceptors (Lipinski definition) is 3. The van der Waals surface area contributed by atoms with Crippen molar-refractivity contribution in [1.29, 1.82) is 0 Å². The molecule has 0 aliphatic carbocycles. The lowest BCUT2D eigenvalue weighted by molar-refractivity contribution is -0.142. The Morgan fingerprint density at radius 2 is 1.57 bits per heavy atom. The van der Waals surface area contributed by atoms with Crippen molar-refractivity contribution in [3.8, 4) is 11.4 Å². The number of benzene rings is 1. The highest BCUT2D eigenvalue weighted by atomic mass is 19.4. The Morgan fingerprint density at radius 1 is 0.967 bits per heavy atom. The topological polar surface area (TPSA) is 60.9 Å². The van der Waals surface area contributed by atoms with E-state index in [1.165, 1.54) is 0 Å². The molecule has 0 spiro atoms. The number of halogens is 9. The maximum atomic E-state index is 13.5. The van der Waals surface area contributed by atoms with Gasteiger partial charge in [0.1, 0.15) is 11.5 Å². The lowest BCUT2D eigenvalue weighted by Gasteiger charge is -2.20. The largest absolute Gasteiger partial charge is 0.435 e. The van der Waals surface area contributed by atoms with Gasteiger partial charge in [0.15, 0.2) is 5.69 Å². The van der Waals surface area contributed by atoms with Crippen molar-refractivity contribution in [3.05, 3.63) is 45.4 Å². The summed E-state index contributed by atoms with van der Waals surface area (Å²) in [6, 6.07) is 0.367. The number of anilines is 1. The molecular weight excluding hydrogens is 433 g/mol. The summed E-state index contributed by atoms with van der Waals surface area (Å²) >= 11 is 0. The third-order valence-electron chi connectivity index (χ3n) is 4.10. The summed E-state index contributed by atoms with van der Waals surface area (Å²) < 4.78 is 119. The highest BCUT2D eigenvalue weighted by Crippen LogP contribution is 2.41. The van der Waals surface area contributed by atoms with Crippen molar-refractivity contribution in [1.82, 2.24) is 9.55 Å². The summed E-state index contributed by atoms with van der Waals surface area (Å²) in [4.78, 5) is 15.5. The van der Waals surface area contributed by atoms with E-state index in [0.717, 1.165) is 0 Å². The third kappa shape index (κ3) is 4.70. The van der Waals surface area contributed by atoms with Crippen LogP contribution in [-0.4, -0.2) is 9.55 Å². The molecule has 0 radical (unpaired) electrons. The number of rotatable bonds is 4. The maximum absolute atomic E-state index is 13.5. The first kappa shape index (κ1) is 23.5. The molecule has 2 aromatic rings. The molecule has 0 aliphatic heterocycles. The van der Waals surface area contributed by atoms with E-state index >= 15 is 0 Å². The fourth-order valence-electron chi connectivity index (χ4n) is 2.66. The van der Waals surface area contributed by atoms with Crippen LogP contribution in [0.1, 0.15) is 36.6 Å². The first-order chi connectivity index (χ1) is 13.6. The number of nitrogens with zero attached hydrogens (tertiary/aromatic N) is 2. The van der Waals surface area contributed by atoms with Crippen molar-refractivity contribution in [2.24, 2.45) is 0 Å². The summed E-state index contributed by atoms with van der Waals surface area (Å²) in [5.41, 5.74) is -4.10. The average Bonchev–Trinajstić information content (AvgIpc) is 2.59. The molecule has 0 fully saturated rings. The second-order valence-corrected chi connectivity index (χ2v) is 6.26. The van der Waals surface area contributed by atoms with Crippen LogP contribution in [0.15, 0.2) is 23.0 Å². The Morgan fingerprint density at radius 3 is 2.03 bits per heavy atom. The Labute approximate surface area is 163 Å². The fourth-order valence-corrected chi connectivity index (χ4v) is 2.66. The van der Waals surface area contributed by atoms with Gasteiger partial charge in [0.25, 0.3) is 5.56 Å². The van der Waals surface area contributed by atoms with Crippen LogP contribution in [0.25, 0.3) is 11.4 Å². The summed E-state index contributed by atoms with van der Waals surface area (Å²) in [7, 11) is 0. The normalized spacial score (nSPS) is 13.0. The van der Waals surface area contributed by atoms with E-state index in [2.05, 4.69) is 4.98 Å². The summed E-state index contributed by atoms with van der Waals surface area (Å²) in [5, 5.41) is 0. The van der Waals surface area contributed by atoms with Gasteiger partial charge in [-0.05, 0) is 18.6 Å². The molecule has 0 unspecified atom stereocenters. The third-order valence-corrected chi connectivity index (χ3v) is 4.10. The molecule has 1 heterocycles. The SMILES string of the molecule is CCCCn1c(-c2ccc(C(F)(F)F)cc2C(F)(F)F)nc(C(F)(F)F)c(N)c1=O. The summed E-state index contributed by atoms with van der Waals surface area (Å²) in [5.74, 6) is -1.07. The lowest BCUT2D eigenvalue weighted by atomic mass is 10.0. The molecule has 0 saturated carbocycles. The molecule has 0 amide bonds. The van der Waals surface area contributed by atoms with Gasteiger partial charge < -0.3 is 5.73 Å². The average molecular weight is 447 g/mol. The highest BCUT2D eigenvalue weighted by Gasteiger charge is 2.41. The minimum absolute atomic E-state index is 0.168. The second-order valence-electron chi connectivity index (χ2n) is 6.26. The van der Waals surface area contributed by atoms with E-state index in [0.29, 0.717) is 17.1 Å².